The molecule has 0 fully saturated rings. The van der Waals surface area contributed by atoms with Crippen molar-refractivity contribution in [1.29, 1.82) is 0 Å². The number of halogens is 1. The second kappa shape index (κ2) is 7.84. The van der Waals surface area contributed by atoms with E-state index in [2.05, 4.69) is 13.8 Å². The molecule has 12 heavy (non-hydrogen) atoms. The van der Waals surface area contributed by atoms with E-state index in [1.165, 1.54) is 12.8 Å². The van der Waals surface area contributed by atoms with Crippen molar-refractivity contribution < 1.29 is 9.84 Å². The van der Waals surface area contributed by atoms with Crippen molar-refractivity contribution in [3.05, 3.63) is 0 Å². The molecule has 0 spiro atoms. The molecule has 1 N–H and O–H groups in total. The molecule has 0 saturated carbocycles. The first-order valence-electron chi connectivity index (χ1n) is 4.52. The van der Waals surface area contributed by atoms with Crippen LogP contribution in [0.4, 0.5) is 0 Å². The van der Waals surface area contributed by atoms with E-state index in [1.807, 2.05) is 0 Å². The normalized spacial score (nSPS) is 16.0. The Morgan fingerprint density at radius 2 is 2.08 bits per heavy atom. The number of rotatable bonds is 7. The second-order valence-corrected chi connectivity index (χ2v) is 3.55. The molecule has 0 aliphatic heterocycles. The number of ether oxygens (including phenoxy) is 1. The predicted molar refractivity (Wildman–Crippen MR) is 51.6 cm³/mol. The number of hydrogen-bond acceptors (Lipinski definition) is 2. The molecule has 0 aliphatic rings. The maximum absolute atomic E-state index is 9.04. The molecule has 3 heteroatoms. The van der Waals surface area contributed by atoms with Gasteiger partial charge in [-0.1, -0.05) is 20.3 Å². The fraction of sp³-hybridized carbons (Fsp3) is 1.00. The van der Waals surface area contributed by atoms with Gasteiger partial charge in [-0.25, -0.2) is 0 Å². The van der Waals surface area contributed by atoms with Crippen molar-refractivity contribution in [2.75, 3.05) is 19.1 Å². The molecule has 74 valence electrons. The van der Waals surface area contributed by atoms with Crippen LogP contribution in [0.15, 0.2) is 0 Å². The highest BCUT2D eigenvalue weighted by Crippen LogP contribution is 2.05. The Hall–Kier alpha value is 0.210. The van der Waals surface area contributed by atoms with Gasteiger partial charge in [0.15, 0.2) is 0 Å². The molecule has 2 nitrogen and oxygen atoms in total. The standard InChI is InChI=1S/C9H19ClO2/c1-3-4-8(2)6-12-7-9(11)5-10/h8-9,11H,3-7H2,1-2H3. The summed E-state index contributed by atoms with van der Waals surface area (Å²) in [6.07, 6.45) is 1.85. The molecule has 0 bridgehead atoms. The SMILES string of the molecule is CCCC(C)COCC(O)CCl. The summed E-state index contributed by atoms with van der Waals surface area (Å²) in [4.78, 5) is 0. The van der Waals surface area contributed by atoms with Crippen molar-refractivity contribution in [2.24, 2.45) is 5.92 Å². The van der Waals surface area contributed by atoms with E-state index in [1.54, 1.807) is 0 Å². The van der Waals surface area contributed by atoms with Crippen LogP contribution in [0, 0.1) is 5.92 Å². The summed E-state index contributed by atoms with van der Waals surface area (Å²) in [5.41, 5.74) is 0. The first-order chi connectivity index (χ1) is 5.70. The van der Waals surface area contributed by atoms with Crippen LogP contribution in [-0.2, 0) is 4.74 Å². The van der Waals surface area contributed by atoms with Crippen molar-refractivity contribution in [1.82, 2.24) is 0 Å². The Morgan fingerprint density at radius 1 is 1.42 bits per heavy atom. The maximum Gasteiger partial charge on any atom is 0.0908 e. The van der Waals surface area contributed by atoms with Gasteiger partial charge in [0.25, 0.3) is 0 Å². The average molecular weight is 195 g/mol. The van der Waals surface area contributed by atoms with Crippen LogP contribution in [0.3, 0.4) is 0 Å². The Labute approximate surface area is 79.9 Å². The zero-order chi connectivity index (χ0) is 9.40. The van der Waals surface area contributed by atoms with Crippen LogP contribution in [0.5, 0.6) is 0 Å². The van der Waals surface area contributed by atoms with E-state index in [0.29, 0.717) is 12.5 Å². The zero-order valence-electron chi connectivity index (χ0n) is 7.92. The molecule has 2 unspecified atom stereocenters. The largest absolute Gasteiger partial charge is 0.389 e. The summed E-state index contributed by atoms with van der Waals surface area (Å²) in [5, 5.41) is 9.04. The van der Waals surface area contributed by atoms with Crippen molar-refractivity contribution >= 4 is 11.6 Å². The summed E-state index contributed by atoms with van der Waals surface area (Å²) in [6, 6.07) is 0. The molecule has 0 rings (SSSR count). The lowest BCUT2D eigenvalue weighted by Crippen LogP contribution is -2.19. The van der Waals surface area contributed by atoms with Gasteiger partial charge in [0.05, 0.1) is 18.6 Å². The monoisotopic (exact) mass is 194 g/mol. The molecule has 0 aromatic rings. The maximum atomic E-state index is 9.04. The van der Waals surface area contributed by atoms with Crippen LogP contribution >= 0.6 is 11.6 Å². The van der Waals surface area contributed by atoms with Crippen LogP contribution in [0.1, 0.15) is 26.7 Å². The molecule has 0 amide bonds. The van der Waals surface area contributed by atoms with E-state index < -0.39 is 6.10 Å². The second-order valence-electron chi connectivity index (χ2n) is 3.24. The van der Waals surface area contributed by atoms with Crippen molar-refractivity contribution in [3.8, 4) is 0 Å². The molecule has 0 saturated heterocycles. The summed E-state index contributed by atoms with van der Waals surface area (Å²) in [6.45, 7) is 5.39. The lowest BCUT2D eigenvalue weighted by molar-refractivity contribution is 0.0320. The fourth-order valence-corrected chi connectivity index (χ4v) is 1.12. The third-order valence-electron chi connectivity index (χ3n) is 1.67. The smallest absolute Gasteiger partial charge is 0.0908 e. The van der Waals surface area contributed by atoms with Gasteiger partial charge in [-0.2, -0.15) is 0 Å². The van der Waals surface area contributed by atoms with Gasteiger partial charge in [0, 0.05) is 6.61 Å². The van der Waals surface area contributed by atoms with Gasteiger partial charge in [0.1, 0.15) is 0 Å². The highest BCUT2D eigenvalue weighted by molar-refractivity contribution is 6.18. The van der Waals surface area contributed by atoms with Gasteiger partial charge in [-0.15, -0.1) is 11.6 Å². The summed E-state index contributed by atoms with van der Waals surface area (Å²) < 4.78 is 5.27. The lowest BCUT2D eigenvalue weighted by Gasteiger charge is -2.12. The molecule has 0 aromatic carbocycles. The van der Waals surface area contributed by atoms with E-state index >= 15 is 0 Å². The molecule has 2 atom stereocenters. The molecular weight excluding hydrogens is 176 g/mol. The minimum atomic E-state index is -0.513. The van der Waals surface area contributed by atoms with E-state index in [-0.39, 0.29) is 5.88 Å². The molecular formula is C9H19ClO2. The van der Waals surface area contributed by atoms with Gasteiger partial charge in [-0.05, 0) is 12.3 Å². The zero-order valence-corrected chi connectivity index (χ0v) is 8.68. The summed E-state index contributed by atoms with van der Waals surface area (Å²) >= 11 is 5.40. The van der Waals surface area contributed by atoms with Gasteiger partial charge >= 0.3 is 0 Å². The number of alkyl halides is 1. The van der Waals surface area contributed by atoms with Crippen molar-refractivity contribution in [3.63, 3.8) is 0 Å². The first-order valence-corrected chi connectivity index (χ1v) is 5.05. The van der Waals surface area contributed by atoms with Crippen LogP contribution in [0.25, 0.3) is 0 Å². The minimum absolute atomic E-state index is 0.252. The number of aliphatic hydroxyl groups is 1. The lowest BCUT2D eigenvalue weighted by atomic mass is 10.1. The summed E-state index contributed by atoms with van der Waals surface area (Å²) in [7, 11) is 0. The highest BCUT2D eigenvalue weighted by Gasteiger charge is 2.04. The van der Waals surface area contributed by atoms with E-state index in [0.717, 1.165) is 6.61 Å². The fourth-order valence-electron chi connectivity index (χ4n) is 1.03. The quantitative estimate of drug-likeness (QED) is 0.629. The Kier molecular flexibility index (Phi) is 7.98. The predicted octanol–water partition coefficient (Wildman–Crippen LogP) is 2.04. The average Bonchev–Trinajstić information content (AvgIpc) is 2.04. The van der Waals surface area contributed by atoms with Crippen LogP contribution in [0.2, 0.25) is 0 Å². The Morgan fingerprint density at radius 3 is 2.58 bits per heavy atom. The first kappa shape index (κ1) is 12.2. The third kappa shape index (κ3) is 6.89. The van der Waals surface area contributed by atoms with Crippen molar-refractivity contribution in [2.45, 2.75) is 32.8 Å². The molecule has 0 radical (unpaired) electrons. The topological polar surface area (TPSA) is 29.5 Å². The van der Waals surface area contributed by atoms with Gasteiger partial charge in [0.2, 0.25) is 0 Å². The minimum Gasteiger partial charge on any atom is -0.389 e. The Bertz CT molecular complexity index is 98.5. The molecule has 0 aromatic heterocycles. The number of hydrogen-bond donors (Lipinski definition) is 1. The van der Waals surface area contributed by atoms with Crippen LogP contribution < -0.4 is 0 Å². The third-order valence-corrected chi connectivity index (χ3v) is 2.03. The van der Waals surface area contributed by atoms with Gasteiger partial charge < -0.3 is 9.84 Å². The Balaban J connectivity index is 3.18. The molecule has 0 aliphatic carbocycles. The molecule has 0 heterocycles. The highest BCUT2D eigenvalue weighted by atomic mass is 35.5. The van der Waals surface area contributed by atoms with Gasteiger partial charge in [-0.3, -0.25) is 0 Å². The number of aliphatic hydroxyl groups excluding tert-OH is 1. The summed E-state index contributed by atoms with van der Waals surface area (Å²) in [5.74, 6) is 0.833. The van der Waals surface area contributed by atoms with E-state index in [4.69, 9.17) is 21.4 Å². The van der Waals surface area contributed by atoms with E-state index in [9.17, 15) is 0 Å². The van der Waals surface area contributed by atoms with Crippen LogP contribution in [-0.4, -0.2) is 30.3 Å².